The average molecular weight is 347 g/mol. The highest BCUT2D eigenvalue weighted by Gasteiger charge is 2.20. The summed E-state index contributed by atoms with van der Waals surface area (Å²) in [7, 11) is 0. The van der Waals surface area contributed by atoms with Crippen molar-refractivity contribution in [1.82, 2.24) is 10.2 Å². The Labute approximate surface area is 154 Å². The molecule has 0 radical (unpaired) electrons. The van der Waals surface area contributed by atoms with Gasteiger partial charge in [0.2, 0.25) is 0 Å². The molecule has 0 bridgehead atoms. The van der Waals surface area contributed by atoms with Crippen LogP contribution in [0.15, 0.2) is 30.3 Å². The van der Waals surface area contributed by atoms with E-state index in [9.17, 15) is 5.11 Å². The fourth-order valence-corrected chi connectivity index (χ4v) is 3.72. The second-order valence-electron chi connectivity index (χ2n) is 8.00. The van der Waals surface area contributed by atoms with E-state index in [-0.39, 0.29) is 6.04 Å². The van der Waals surface area contributed by atoms with Crippen LogP contribution in [0.2, 0.25) is 0 Å². The zero-order chi connectivity index (χ0) is 17.9. The average Bonchev–Trinajstić information content (AvgIpc) is 2.90. The fraction of sp³-hybridized carbons (Fsp3) is 0.727. The normalized spacial score (nSPS) is 18.9. The summed E-state index contributed by atoms with van der Waals surface area (Å²) in [6.45, 7) is 9.22. The molecule has 25 heavy (non-hydrogen) atoms. The zero-order valence-corrected chi connectivity index (χ0v) is 16.3. The first-order valence-corrected chi connectivity index (χ1v) is 10.4. The van der Waals surface area contributed by atoms with Crippen LogP contribution < -0.4 is 5.32 Å². The number of hydrogen-bond donors (Lipinski definition) is 2. The lowest BCUT2D eigenvalue weighted by atomic mass is 9.95. The van der Waals surface area contributed by atoms with Crippen LogP contribution in [0.3, 0.4) is 0 Å². The van der Waals surface area contributed by atoms with Gasteiger partial charge in [-0.05, 0) is 69.8 Å². The molecule has 0 amide bonds. The van der Waals surface area contributed by atoms with Gasteiger partial charge in [-0.15, -0.1) is 0 Å². The van der Waals surface area contributed by atoms with Gasteiger partial charge in [0.25, 0.3) is 0 Å². The molecule has 142 valence electrons. The monoisotopic (exact) mass is 346 g/mol. The molecule has 1 saturated heterocycles. The third-order valence-electron chi connectivity index (χ3n) is 5.33. The zero-order valence-electron chi connectivity index (χ0n) is 16.3. The van der Waals surface area contributed by atoms with Crippen LogP contribution in [0.4, 0.5) is 0 Å². The minimum atomic E-state index is -0.418. The van der Waals surface area contributed by atoms with Gasteiger partial charge >= 0.3 is 0 Å². The Morgan fingerprint density at radius 2 is 1.68 bits per heavy atom. The van der Waals surface area contributed by atoms with Crippen LogP contribution in [-0.2, 0) is 0 Å². The van der Waals surface area contributed by atoms with Crippen molar-refractivity contribution in [3.8, 4) is 0 Å². The van der Waals surface area contributed by atoms with Gasteiger partial charge in [0.05, 0.1) is 6.10 Å². The molecular weight excluding hydrogens is 308 g/mol. The third-order valence-corrected chi connectivity index (χ3v) is 5.33. The van der Waals surface area contributed by atoms with E-state index in [1.165, 1.54) is 51.7 Å². The SMILES string of the molecule is CC(C)CC[C@H](NCCCN1CCCCCC1)[C@H](O)c1ccccc1. The van der Waals surface area contributed by atoms with Crippen LogP contribution >= 0.6 is 0 Å². The lowest BCUT2D eigenvalue weighted by Crippen LogP contribution is -2.37. The van der Waals surface area contributed by atoms with Crippen molar-refractivity contribution in [2.45, 2.75) is 70.9 Å². The molecule has 0 aliphatic carbocycles. The van der Waals surface area contributed by atoms with Gasteiger partial charge in [0, 0.05) is 6.04 Å². The van der Waals surface area contributed by atoms with Crippen molar-refractivity contribution in [2.75, 3.05) is 26.2 Å². The summed E-state index contributed by atoms with van der Waals surface area (Å²) in [4.78, 5) is 2.62. The Balaban J connectivity index is 1.79. The highest BCUT2D eigenvalue weighted by molar-refractivity contribution is 5.18. The van der Waals surface area contributed by atoms with Gasteiger partial charge in [-0.25, -0.2) is 0 Å². The number of nitrogens with zero attached hydrogens (tertiary/aromatic N) is 1. The smallest absolute Gasteiger partial charge is 0.0942 e. The van der Waals surface area contributed by atoms with Crippen molar-refractivity contribution in [2.24, 2.45) is 5.92 Å². The number of hydrogen-bond acceptors (Lipinski definition) is 3. The van der Waals surface area contributed by atoms with Crippen molar-refractivity contribution < 1.29 is 5.11 Å². The van der Waals surface area contributed by atoms with E-state index in [1.807, 2.05) is 30.3 Å². The van der Waals surface area contributed by atoms with E-state index in [4.69, 9.17) is 0 Å². The molecule has 1 aliphatic rings. The molecule has 0 unspecified atom stereocenters. The van der Waals surface area contributed by atoms with Crippen molar-refractivity contribution >= 4 is 0 Å². The van der Waals surface area contributed by atoms with Gasteiger partial charge in [0.1, 0.15) is 0 Å². The lowest BCUT2D eigenvalue weighted by molar-refractivity contribution is 0.119. The van der Waals surface area contributed by atoms with E-state index < -0.39 is 6.10 Å². The summed E-state index contributed by atoms with van der Waals surface area (Å²) in [5, 5.41) is 14.5. The lowest BCUT2D eigenvalue weighted by Gasteiger charge is -2.26. The Kier molecular flexibility index (Phi) is 9.52. The van der Waals surface area contributed by atoms with Crippen LogP contribution in [0.25, 0.3) is 0 Å². The van der Waals surface area contributed by atoms with E-state index >= 15 is 0 Å². The molecule has 1 aromatic carbocycles. The molecule has 3 nitrogen and oxygen atoms in total. The molecule has 0 spiro atoms. The number of rotatable bonds is 10. The molecule has 1 aromatic rings. The molecule has 1 fully saturated rings. The van der Waals surface area contributed by atoms with Gasteiger partial charge in [-0.1, -0.05) is 57.0 Å². The van der Waals surface area contributed by atoms with Gasteiger partial charge in [0.15, 0.2) is 0 Å². The summed E-state index contributed by atoms with van der Waals surface area (Å²) >= 11 is 0. The van der Waals surface area contributed by atoms with E-state index in [1.54, 1.807) is 0 Å². The number of nitrogens with one attached hydrogen (secondary N) is 1. The summed E-state index contributed by atoms with van der Waals surface area (Å²) in [6.07, 6.45) is 8.43. The van der Waals surface area contributed by atoms with Crippen LogP contribution in [0.1, 0.15) is 70.5 Å². The number of likely N-dealkylation sites (tertiary alicyclic amines) is 1. The maximum atomic E-state index is 10.8. The first-order valence-electron chi connectivity index (χ1n) is 10.4. The van der Waals surface area contributed by atoms with E-state index in [0.29, 0.717) is 5.92 Å². The molecule has 0 saturated carbocycles. The molecule has 2 atom stereocenters. The van der Waals surface area contributed by atoms with Crippen molar-refractivity contribution in [1.29, 1.82) is 0 Å². The topological polar surface area (TPSA) is 35.5 Å². The molecule has 3 heteroatoms. The number of aliphatic hydroxyl groups is 1. The first kappa shape index (κ1) is 20.4. The number of benzene rings is 1. The molecule has 2 rings (SSSR count). The maximum absolute atomic E-state index is 10.8. The Morgan fingerprint density at radius 3 is 2.32 bits per heavy atom. The Hall–Kier alpha value is -0.900. The third kappa shape index (κ3) is 7.89. The summed E-state index contributed by atoms with van der Waals surface area (Å²) < 4.78 is 0. The fourth-order valence-electron chi connectivity index (χ4n) is 3.72. The van der Waals surface area contributed by atoms with Crippen molar-refractivity contribution in [3.63, 3.8) is 0 Å². The minimum absolute atomic E-state index is 0.147. The molecule has 0 aromatic heterocycles. The van der Waals surface area contributed by atoms with Crippen LogP contribution in [0, 0.1) is 5.92 Å². The highest BCUT2D eigenvalue weighted by atomic mass is 16.3. The van der Waals surface area contributed by atoms with Crippen LogP contribution in [-0.4, -0.2) is 42.2 Å². The summed E-state index contributed by atoms with van der Waals surface area (Å²) in [5.41, 5.74) is 1.02. The van der Waals surface area contributed by atoms with E-state index in [2.05, 4.69) is 24.1 Å². The highest BCUT2D eigenvalue weighted by Crippen LogP contribution is 2.21. The Bertz CT molecular complexity index is 441. The molecule has 1 heterocycles. The largest absolute Gasteiger partial charge is 0.387 e. The Morgan fingerprint density at radius 1 is 1.00 bits per heavy atom. The predicted octanol–water partition coefficient (Wildman–Crippen LogP) is 4.38. The number of aliphatic hydroxyl groups excluding tert-OH is 1. The molecule has 2 N–H and O–H groups in total. The second-order valence-corrected chi connectivity index (χ2v) is 8.00. The van der Waals surface area contributed by atoms with Crippen LogP contribution in [0.5, 0.6) is 0 Å². The van der Waals surface area contributed by atoms with Crippen molar-refractivity contribution in [3.05, 3.63) is 35.9 Å². The van der Waals surface area contributed by atoms with Gasteiger partial charge in [-0.3, -0.25) is 0 Å². The van der Waals surface area contributed by atoms with Gasteiger partial charge in [-0.2, -0.15) is 0 Å². The molecular formula is C22H38N2O. The van der Waals surface area contributed by atoms with E-state index in [0.717, 1.165) is 24.9 Å². The summed E-state index contributed by atoms with van der Waals surface area (Å²) in [6, 6.07) is 10.2. The predicted molar refractivity (Wildman–Crippen MR) is 107 cm³/mol. The standard InChI is InChI=1S/C22H38N2O/c1-19(2)13-14-21(22(25)20-11-6-5-7-12-20)23-15-10-18-24-16-8-3-4-9-17-24/h5-7,11-12,19,21-23,25H,3-4,8-10,13-18H2,1-2H3/t21-,22+/m0/s1. The van der Waals surface area contributed by atoms with Gasteiger partial charge < -0.3 is 15.3 Å². The second kappa shape index (κ2) is 11.7. The quantitative estimate of drug-likeness (QED) is 0.617. The first-order chi connectivity index (χ1) is 12.2. The minimum Gasteiger partial charge on any atom is -0.387 e. The summed E-state index contributed by atoms with van der Waals surface area (Å²) in [5.74, 6) is 0.671. The maximum Gasteiger partial charge on any atom is 0.0942 e. The molecule has 1 aliphatic heterocycles.